The molecule has 1 aromatic rings. The lowest BCUT2D eigenvalue weighted by atomic mass is 9.92. The maximum absolute atomic E-state index is 13.7. The molecule has 1 N–H and O–H groups in total. The molecule has 0 aliphatic heterocycles. The predicted octanol–water partition coefficient (Wildman–Crippen LogP) is 3.85. The molecule has 2 aliphatic rings. The summed E-state index contributed by atoms with van der Waals surface area (Å²) in [6, 6.07) is -0.775. The zero-order chi connectivity index (χ0) is 18.6. The molecule has 3 rings (SSSR count). The standard InChI is InChI=1S/C14H15F7N2O2/c15-12(16)25-7-3-1-2-6(4-7)23-8-5-13(17,18)11(24)9(8)10(22-23)14(19,20)21/h6-7,11-12,24H,1-5H2/t6?,7-,11-/m0/s1. The Bertz CT molecular complexity index is 644. The van der Waals surface area contributed by atoms with Gasteiger partial charge in [0.1, 0.15) is 6.10 Å². The quantitative estimate of drug-likeness (QED) is 0.816. The van der Waals surface area contributed by atoms with Crippen molar-refractivity contribution in [1.29, 1.82) is 0 Å². The maximum Gasteiger partial charge on any atom is 0.435 e. The van der Waals surface area contributed by atoms with E-state index in [9.17, 15) is 35.8 Å². The zero-order valence-electron chi connectivity index (χ0n) is 12.7. The minimum Gasteiger partial charge on any atom is -0.382 e. The number of hydrogen-bond donors (Lipinski definition) is 1. The minimum atomic E-state index is -5.01. The SMILES string of the molecule is O[C@H]1c2c(C(F)(F)F)nn(C3CCC[C@H](OC(F)F)C3)c2CC1(F)F. The van der Waals surface area contributed by atoms with Crippen LogP contribution in [0.15, 0.2) is 0 Å². The van der Waals surface area contributed by atoms with Crippen molar-refractivity contribution in [3.8, 4) is 0 Å². The van der Waals surface area contributed by atoms with Gasteiger partial charge in [0, 0.05) is 5.56 Å². The molecular formula is C14H15F7N2O2. The summed E-state index contributed by atoms with van der Waals surface area (Å²) in [5.74, 6) is -3.73. The summed E-state index contributed by atoms with van der Waals surface area (Å²) in [6.07, 6.45) is -8.64. The summed E-state index contributed by atoms with van der Waals surface area (Å²) in [6.45, 7) is -3.02. The van der Waals surface area contributed by atoms with Gasteiger partial charge in [-0.15, -0.1) is 0 Å². The molecule has 3 atom stereocenters. The zero-order valence-corrected chi connectivity index (χ0v) is 12.7. The van der Waals surface area contributed by atoms with E-state index in [4.69, 9.17) is 0 Å². The Morgan fingerprint density at radius 1 is 1.24 bits per heavy atom. The van der Waals surface area contributed by atoms with Crippen LogP contribution in [0.25, 0.3) is 0 Å². The second-order valence-corrected chi connectivity index (χ2v) is 6.33. The van der Waals surface area contributed by atoms with Crippen LogP contribution >= 0.6 is 0 Å². The molecule has 2 aliphatic carbocycles. The first kappa shape index (κ1) is 18.4. The molecule has 0 bridgehead atoms. The van der Waals surface area contributed by atoms with Crippen LogP contribution < -0.4 is 0 Å². The molecular weight excluding hydrogens is 361 g/mol. The highest BCUT2D eigenvalue weighted by Crippen LogP contribution is 2.49. The third kappa shape index (κ3) is 3.35. The Balaban J connectivity index is 1.97. The second-order valence-electron chi connectivity index (χ2n) is 6.33. The molecule has 11 heteroatoms. The van der Waals surface area contributed by atoms with E-state index in [2.05, 4.69) is 9.84 Å². The van der Waals surface area contributed by atoms with Crippen LogP contribution in [0.3, 0.4) is 0 Å². The first-order valence-electron chi connectivity index (χ1n) is 7.68. The molecule has 0 amide bonds. The van der Waals surface area contributed by atoms with E-state index in [1.54, 1.807) is 0 Å². The normalized spacial score (nSPS) is 29.2. The van der Waals surface area contributed by atoms with Crippen molar-refractivity contribution < 1.29 is 40.6 Å². The van der Waals surface area contributed by atoms with Gasteiger partial charge in [-0.3, -0.25) is 4.68 Å². The number of hydrogen-bond acceptors (Lipinski definition) is 3. The van der Waals surface area contributed by atoms with Gasteiger partial charge in [-0.05, 0) is 25.7 Å². The highest BCUT2D eigenvalue weighted by molar-refractivity contribution is 5.38. The number of aliphatic hydroxyl groups is 1. The molecule has 0 radical (unpaired) electrons. The molecule has 1 unspecified atom stereocenters. The average Bonchev–Trinajstić information content (AvgIpc) is 2.94. The van der Waals surface area contributed by atoms with Gasteiger partial charge in [-0.1, -0.05) is 0 Å². The fraction of sp³-hybridized carbons (Fsp3) is 0.786. The van der Waals surface area contributed by atoms with Crippen LogP contribution in [0.2, 0.25) is 0 Å². The molecule has 0 aromatic carbocycles. The summed E-state index contributed by atoms with van der Waals surface area (Å²) >= 11 is 0. The summed E-state index contributed by atoms with van der Waals surface area (Å²) < 4.78 is 96.9. The van der Waals surface area contributed by atoms with Crippen molar-refractivity contribution in [2.45, 2.75) is 69.1 Å². The second kappa shape index (κ2) is 6.11. The fourth-order valence-electron chi connectivity index (χ4n) is 3.60. The van der Waals surface area contributed by atoms with Crippen molar-refractivity contribution in [2.24, 2.45) is 0 Å². The Labute approximate surface area is 137 Å². The average molecular weight is 376 g/mol. The third-order valence-electron chi connectivity index (χ3n) is 4.64. The Morgan fingerprint density at radius 2 is 1.92 bits per heavy atom. The molecule has 0 spiro atoms. The lowest BCUT2D eigenvalue weighted by Gasteiger charge is -2.30. The molecule has 1 aromatic heterocycles. The highest BCUT2D eigenvalue weighted by Gasteiger charge is 2.55. The summed E-state index contributed by atoms with van der Waals surface area (Å²) in [5.41, 5.74) is -2.87. The van der Waals surface area contributed by atoms with E-state index in [-0.39, 0.29) is 6.42 Å². The number of ether oxygens (including phenoxy) is 1. The number of alkyl halides is 7. The van der Waals surface area contributed by atoms with Crippen LogP contribution in [-0.4, -0.2) is 33.5 Å². The Morgan fingerprint density at radius 3 is 2.52 bits per heavy atom. The smallest absolute Gasteiger partial charge is 0.382 e. The van der Waals surface area contributed by atoms with Gasteiger partial charge in [-0.25, -0.2) is 8.78 Å². The molecule has 142 valence electrons. The minimum absolute atomic E-state index is 0.0581. The van der Waals surface area contributed by atoms with E-state index in [0.717, 1.165) is 4.68 Å². The van der Waals surface area contributed by atoms with Gasteiger partial charge >= 0.3 is 12.8 Å². The predicted molar refractivity (Wildman–Crippen MR) is 69.2 cm³/mol. The van der Waals surface area contributed by atoms with Gasteiger partial charge in [-0.2, -0.15) is 27.1 Å². The first-order chi connectivity index (χ1) is 11.5. The molecule has 0 saturated heterocycles. The third-order valence-corrected chi connectivity index (χ3v) is 4.64. The lowest BCUT2D eigenvalue weighted by Crippen LogP contribution is -2.29. The highest BCUT2D eigenvalue weighted by atomic mass is 19.4. The topological polar surface area (TPSA) is 47.3 Å². The van der Waals surface area contributed by atoms with Gasteiger partial charge in [0.25, 0.3) is 5.92 Å². The summed E-state index contributed by atoms with van der Waals surface area (Å²) in [5, 5.41) is 13.0. The fourth-order valence-corrected chi connectivity index (χ4v) is 3.60. The number of aromatic nitrogens is 2. The van der Waals surface area contributed by atoms with Crippen LogP contribution in [0.1, 0.15) is 54.8 Å². The Hall–Kier alpha value is -1.36. The van der Waals surface area contributed by atoms with Crippen molar-refractivity contribution in [1.82, 2.24) is 9.78 Å². The van der Waals surface area contributed by atoms with E-state index in [1.807, 2.05) is 0 Å². The number of nitrogens with zero attached hydrogens (tertiary/aromatic N) is 2. The number of fused-ring (bicyclic) bond motifs is 1. The van der Waals surface area contributed by atoms with Crippen molar-refractivity contribution >= 4 is 0 Å². The Kier molecular flexibility index (Phi) is 4.51. The molecule has 1 saturated carbocycles. The summed E-state index contributed by atoms with van der Waals surface area (Å²) in [4.78, 5) is 0. The van der Waals surface area contributed by atoms with E-state index < -0.39 is 60.3 Å². The first-order valence-corrected chi connectivity index (χ1v) is 7.68. The largest absolute Gasteiger partial charge is 0.435 e. The van der Waals surface area contributed by atoms with Gasteiger partial charge < -0.3 is 9.84 Å². The summed E-state index contributed by atoms with van der Waals surface area (Å²) in [7, 11) is 0. The van der Waals surface area contributed by atoms with E-state index in [1.165, 1.54) is 0 Å². The van der Waals surface area contributed by atoms with Crippen LogP contribution in [0.5, 0.6) is 0 Å². The number of rotatable bonds is 3. The molecule has 4 nitrogen and oxygen atoms in total. The number of halogens is 7. The van der Waals surface area contributed by atoms with Crippen LogP contribution in [0, 0.1) is 0 Å². The molecule has 25 heavy (non-hydrogen) atoms. The monoisotopic (exact) mass is 376 g/mol. The van der Waals surface area contributed by atoms with Gasteiger partial charge in [0.2, 0.25) is 0 Å². The maximum atomic E-state index is 13.7. The van der Waals surface area contributed by atoms with Gasteiger partial charge in [0.05, 0.1) is 24.3 Å². The van der Waals surface area contributed by atoms with Crippen LogP contribution in [-0.2, 0) is 17.3 Å². The van der Waals surface area contributed by atoms with Crippen molar-refractivity contribution in [3.63, 3.8) is 0 Å². The van der Waals surface area contributed by atoms with Gasteiger partial charge in [0.15, 0.2) is 5.69 Å². The lowest BCUT2D eigenvalue weighted by molar-refractivity contribution is -0.172. The van der Waals surface area contributed by atoms with E-state index in [0.29, 0.717) is 19.3 Å². The molecule has 1 heterocycles. The van der Waals surface area contributed by atoms with E-state index >= 15 is 0 Å². The van der Waals surface area contributed by atoms with Crippen molar-refractivity contribution in [2.75, 3.05) is 0 Å². The van der Waals surface area contributed by atoms with Crippen molar-refractivity contribution in [3.05, 3.63) is 17.0 Å². The number of aliphatic hydroxyl groups excluding tert-OH is 1. The van der Waals surface area contributed by atoms with Crippen LogP contribution in [0.4, 0.5) is 30.7 Å². The molecule has 1 fully saturated rings.